The van der Waals surface area contributed by atoms with Crippen LogP contribution in [0.5, 0.6) is 5.75 Å². The molecule has 1 aliphatic rings. The van der Waals surface area contributed by atoms with Crippen molar-refractivity contribution in [2.45, 2.75) is 25.6 Å². The Labute approximate surface area is 237 Å². The fraction of sp³-hybridized carbons (Fsp3) is 0.276. The highest BCUT2D eigenvalue weighted by Gasteiger charge is 2.27. The molecule has 1 fully saturated rings. The SMILES string of the molecule is C=CC(=O)N1CCC(Nc2nn(Cc3ccc(OC)cc3)c3nccc(-c4ccc(CNS(C)(=O)=O)c(F)c4)c23)C1. The molecule has 2 aromatic carbocycles. The Balaban J connectivity index is 1.54. The number of fused-ring (bicyclic) bond motifs is 1. The molecule has 1 amide bonds. The highest BCUT2D eigenvalue weighted by atomic mass is 32.2. The first kappa shape index (κ1) is 28.2. The topological polar surface area (TPSA) is 118 Å². The minimum atomic E-state index is -3.47. The highest BCUT2D eigenvalue weighted by Crippen LogP contribution is 2.35. The van der Waals surface area contributed by atoms with Gasteiger partial charge in [0.2, 0.25) is 15.9 Å². The molecular formula is C29H31FN6O4S. The molecule has 0 bridgehead atoms. The van der Waals surface area contributed by atoms with E-state index in [-0.39, 0.29) is 24.1 Å². The zero-order valence-corrected chi connectivity index (χ0v) is 23.6. The summed E-state index contributed by atoms with van der Waals surface area (Å²) in [5, 5.41) is 9.10. The number of nitrogens with one attached hydrogen (secondary N) is 2. The molecule has 5 rings (SSSR count). The minimum absolute atomic E-state index is 0.0410. The van der Waals surface area contributed by atoms with Crippen molar-refractivity contribution in [2.24, 2.45) is 0 Å². The largest absolute Gasteiger partial charge is 0.497 e. The lowest BCUT2D eigenvalue weighted by Gasteiger charge is -2.15. The smallest absolute Gasteiger partial charge is 0.246 e. The summed E-state index contributed by atoms with van der Waals surface area (Å²) in [5.41, 5.74) is 3.15. The minimum Gasteiger partial charge on any atom is -0.497 e. The van der Waals surface area contributed by atoms with Crippen molar-refractivity contribution in [2.75, 3.05) is 31.8 Å². The molecule has 41 heavy (non-hydrogen) atoms. The van der Waals surface area contributed by atoms with Gasteiger partial charge in [-0.1, -0.05) is 30.8 Å². The van der Waals surface area contributed by atoms with Crippen molar-refractivity contribution >= 4 is 32.8 Å². The van der Waals surface area contributed by atoms with Crippen molar-refractivity contribution in [3.05, 3.63) is 84.3 Å². The molecule has 0 saturated carbocycles. The van der Waals surface area contributed by atoms with Crippen LogP contribution in [0.15, 0.2) is 67.4 Å². The van der Waals surface area contributed by atoms with E-state index in [9.17, 15) is 13.2 Å². The predicted molar refractivity (Wildman–Crippen MR) is 156 cm³/mol. The van der Waals surface area contributed by atoms with Gasteiger partial charge >= 0.3 is 0 Å². The number of rotatable bonds is 10. The third-order valence-electron chi connectivity index (χ3n) is 7.03. The van der Waals surface area contributed by atoms with Gasteiger partial charge < -0.3 is 15.0 Å². The van der Waals surface area contributed by atoms with E-state index in [4.69, 9.17) is 9.84 Å². The van der Waals surface area contributed by atoms with Crippen LogP contribution in [0.3, 0.4) is 0 Å². The maximum Gasteiger partial charge on any atom is 0.246 e. The molecule has 10 nitrogen and oxygen atoms in total. The van der Waals surface area contributed by atoms with Gasteiger partial charge in [-0.15, -0.1) is 0 Å². The Morgan fingerprint density at radius 1 is 1.22 bits per heavy atom. The Kier molecular flexibility index (Phi) is 8.04. The fourth-order valence-corrected chi connectivity index (χ4v) is 5.34. The van der Waals surface area contributed by atoms with Gasteiger partial charge in [0.05, 0.1) is 25.3 Å². The van der Waals surface area contributed by atoms with Crippen molar-refractivity contribution in [3.8, 4) is 16.9 Å². The predicted octanol–water partition coefficient (Wildman–Crippen LogP) is 3.54. The Bertz CT molecular complexity index is 1700. The molecule has 4 aromatic rings. The number of sulfonamides is 1. The summed E-state index contributed by atoms with van der Waals surface area (Å²) < 4.78 is 47.5. The first-order chi connectivity index (χ1) is 19.6. The number of methoxy groups -OCH3 is 1. The number of nitrogens with zero attached hydrogens (tertiary/aromatic N) is 4. The van der Waals surface area contributed by atoms with Crippen LogP contribution in [0.25, 0.3) is 22.2 Å². The van der Waals surface area contributed by atoms with E-state index in [2.05, 4.69) is 21.6 Å². The third kappa shape index (κ3) is 6.39. The summed E-state index contributed by atoms with van der Waals surface area (Å²) in [6, 6.07) is 14.1. The Hall–Kier alpha value is -4.29. The standard InChI is InChI=1S/C29H31FN6O4S/c1-4-26(37)35-14-12-22(18-35)33-28-27-24(20-7-8-21(25(30)15-20)16-32-41(3,38)39)11-13-31-29(27)36(34-28)17-19-5-9-23(40-2)10-6-19/h4-11,13,15,22,32H,1,12,14,16-18H2,2-3H3,(H,33,34). The molecule has 1 saturated heterocycles. The number of amides is 1. The van der Waals surface area contributed by atoms with Gasteiger partial charge in [-0.3, -0.25) is 4.79 Å². The molecule has 3 heterocycles. The normalized spacial score (nSPS) is 15.3. The number of hydrogen-bond acceptors (Lipinski definition) is 7. The summed E-state index contributed by atoms with van der Waals surface area (Å²) in [6.45, 7) is 4.98. The second kappa shape index (κ2) is 11.7. The van der Waals surface area contributed by atoms with Crippen molar-refractivity contribution in [3.63, 3.8) is 0 Å². The second-order valence-corrected chi connectivity index (χ2v) is 11.8. The molecule has 1 atom stereocenters. The van der Waals surface area contributed by atoms with E-state index in [0.717, 1.165) is 34.9 Å². The van der Waals surface area contributed by atoms with Crippen LogP contribution in [-0.4, -0.2) is 66.5 Å². The van der Waals surface area contributed by atoms with Crippen LogP contribution >= 0.6 is 0 Å². The van der Waals surface area contributed by atoms with Gasteiger partial charge in [0.25, 0.3) is 0 Å². The zero-order valence-electron chi connectivity index (χ0n) is 22.8. The fourth-order valence-electron chi connectivity index (χ4n) is 4.92. The molecule has 2 N–H and O–H groups in total. The van der Waals surface area contributed by atoms with Crippen molar-refractivity contribution < 1.29 is 22.3 Å². The zero-order chi connectivity index (χ0) is 29.1. The highest BCUT2D eigenvalue weighted by molar-refractivity contribution is 7.88. The van der Waals surface area contributed by atoms with Crippen molar-refractivity contribution in [1.82, 2.24) is 24.4 Å². The first-order valence-electron chi connectivity index (χ1n) is 13.0. The summed E-state index contributed by atoms with van der Waals surface area (Å²) >= 11 is 0. The number of carbonyl (C=O) groups is 1. The van der Waals surface area contributed by atoms with Crippen LogP contribution < -0.4 is 14.8 Å². The van der Waals surface area contributed by atoms with E-state index in [1.807, 2.05) is 24.3 Å². The van der Waals surface area contributed by atoms with E-state index in [1.54, 1.807) is 41.1 Å². The molecule has 0 aliphatic carbocycles. The van der Waals surface area contributed by atoms with Gasteiger partial charge in [-0.05, 0) is 53.5 Å². The first-order valence-corrected chi connectivity index (χ1v) is 14.9. The van der Waals surface area contributed by atoms with E-state index in [1.165, 1.54) is 12.1 Å². The summed E-state index contributed by atoms with van der Waals surface area (Å²) in [4.78, 5) is 18.5. The maximum absolute atomic E-state index is 15.1. The molecule has 2 aromatic heterocycles. The lowest BCUT2D eigenvalue weighted by Crippen LogP contribution is -2.30. The Morgan fingerprint density at radius 2 is 2.00 bits per heavy atom. The number of aromatic nitrogens is 3. The average Bonchev–Trinajstić information content (AvgIpc) is 3.57. The molecule has 214 valence electrons. The van der Waals surface area contributed by atoms with Crippen LogP contribution in [0.2, 0.25) is 0 Å². The van der Waals surface area contributed by atoms with Gasteiger partial charge in [0.15, 0.2) is 11.5 Å². The number of benzene rings is 2. The average molecular weight is 579 g/mol. The number of ether oxygens (including phenoxy) is 1. The van der Waals surface area contributed by atoms with Crippen LogP contribution in [-0.2, 0) is 27.9 Å². The van der Waals surface area contributed by atoms with Crippen LogP contribution in [0.1, 0.15) is 17.5 Å². The van der Waals surface area contributed by atoms with E-state index < -0.39 is 15.8 Å². The van der Waals surface area contributed by atoms with E-state index in [0.29, 0.717) is 36.7 Å². The number of anilines is 1. The summed E-state index contributed by atoms with van der Waals surface area (Å²) in [7, 11) is -1.85. The van der Waals surface area contributed by atoms with Gasteiger partial charge in [0, 0.05) is 37.4 Å². The molecule has 1 unspecified atom stereocenters. The van der Waals surface area contributed by atoms with Crippen LogP contribution in [0, 0.1) is 5.82 Å². The molecule has 0 spiro atoms. The second-order valence-electron chi connectivity index (χ2n) is 9.93. The maximum atomic E-state index is 15.1. The van der Waals surface area contributed by atoms with Gasteiger partial charge in [-0.25, -0.2) is 27.2 Å². The Morgan fingerprint density at radius 3 is 2.68 bits per heavy atom. The van der Waals surface area contributed by atoms with Gasteiger partial charge in [-0.2, -0.15) is 5.10 Å². The van der Waals surface area contributed by atoms with Crippen molar-refractivity contribution in [1.29, 1.82) is 0 Å². The number of likely N-dealkylation sites (tertiary alicyclic amines) is 1. The summed E-state index contributed by atoms with van der Waals surface area (Å²) in [5.74, 6) is 0.683. The third-order valence-corrected chi connectivity index (χ3v) is 7.70. The quantitative estimate of drug-likeness (QED) is 0.276. The molecule has 12 heteroatoms. The molecule has 0 radical (unpaired) electrons. The number of carbonyl (C=O) groups excluding carboxylic acids is 1. The van der Waals surface area contributed by atoms with Crippen LogP contribution in [0.4, 0.5) is 10.2 Å². The monoisotopic (exact) mass is 578 g/mol. The lowest BCUT2D eigenvalue weighted by molar-refractivity contribution is -0.125. The van der Waals surface area contributed by atoms with E-state index >= 15 is 4.39 Å². The molecule has 1 aliphatic heterocycles. The number of pyridine rings is 1. The lowest BCUT2D eigenvalue weighted by atomic mass is 10.0. The number of halogens is 1. The van der Waals surface area contributed by atoms with Gasteiger partial charge in [0.1, 0.15) is 11.6 Å². The number of hydrogen-bond donors (Lipinski definition) is 2. The summed E-state index contributed by atoms with van der Waals surface area (Å²) in [6.07, 6.45) is 4.73. The molecular weight excluding hydrogens is 547 g/mol.